The standard InChI is InChI=1S/C54H72FN13O7/c1-39-46-36-57-54(62-52(46)68(43-9-3-4-10-43)53(71)51(39)40(2)69)61-47-13-12-45(35-56-47)64-20-22-66(23-21-64)50(70)14-25-72-27-29-74-31-32-75-30-28-73-26-24-63-16-18-65(19-17-63)49-34-48(58-38-59-49)60-42-8-6-15-67(37-42)44-11-5-7-41(55)33-44/h5,7,11-13,33-36,38,42-43H,3-4,6,8-10,14-32,37H2,1-2H3,(H,58,59,60)(H,56,57,61,62)/t42-/m1/s1. The van der Waals surface area contributed by atoms with Crippen molar-refractivity contribution < 1.29 is 32.9 Å². The van der Waals surface area contributed by atoms with Crippen LogP contribution < -0.4 is 30.9 Å². The summed E-state index contributed by atoms with van der Waals surface area (Å²) in [6.45, 7) is 15.7. The number of Topliss-reactive ketones (excluding diaryl/α,β-unsaturated/α-hetero) is 1. The summed E-state index contributed by atoms with van der Waals surface area (Å²) in [6.07, 6.45) is 11.3. The fraction of sp³-hybridized carbons (Fsp3) is 0.556. The van der Waals surface area contributed by atoms with Crippen molar-refractivity contribution in [2.75, 3.05) is 150 Å². The van der Waals surface area contributed by atoms with Gasteiger partial charge in [-0.05, 0) is 75.4 Å². The molecule has 0 spiro atoms. The minimum atomic E-state index is -0.285. The molecule has 21 heteroatoms. The van der Waals surface area contributed by atoms with Gasteiger partial charge in [0.25, 0.3) is 5.56 Å². The number of nitrogens with zero attached hydrogens (tertiary/aromatic N) is 11. The van der Waals surface area contributed by atoms with Crippen LogP contribution in [0.25, 0.3) is 11.0 Å². The molecule has 20 nitrogen and oxygen atoms in total. The van der Waals surface area contributed by atoms with Crippen molar-refractivity contribution in [2.24, 2.45) is 0 Å². The van der Waals surface area contributed by atoms with E-state index in [1.54, 1.807) is 42.3 Å². The summed E-state index contributed by atoms with van der Waals surface area (Å²) in [4.78, 5) is 73.0. The Labute approximate surface area is 437 Å². The summed E-state index contributed by atoms with van der Waals surface area (Å²) in [6, 6.07) is 12.9. The van der Waals surface area contributed by atoms with Crippen molar-refractivity contribution >= 4 is 57.5 Å². The van der Waals surface area contributed by atoms with Crippen molar-refractivity contribution in [1.29, 1.82) is 0 Å². The second-order valence-corrected chi connectivity index (χ2v) is 19.7. The Morgan fingerprint density at radius 3 is 2.13 bits per heavy atom. The lowest BCUT2D eigenvalue weighted by Crippen LogP contribution is -2.49. The Kier molecular flexibility index (Phi) is 18.8. The third-order valence-corrected chi connectivity index (χ3v) is 14.7. The first-order valence-electron chi connectivity index (χ1n) is 26.7. The number of nitrogens with one attached hydrogen (secondary N) is 2. The number of benzene rings is 1. The first-order valence-corrected chi connectivity index (χ1v) is 26.7. The van der Waals surface area contributed by atoms with E-state index < -0.39 is 0 Å². The van der Waals surface area contributed by atoms with E-state index in [1.165, 1.54) is 13.0 Å². The van der Waals surface area contributed by atoms with Crippen LogP contribution in [0.3, 0.4) is 0 Å². The van der Waals surface area contributed by atoms with Crippen LogP contribution in [-0.4, -0.2) is 182 Å². The number of piperazine rings is 2. The summed E-state index contributed by atoms with van der Waals surface area (Å²) < 4.78 is 38.4. The van der Waals surface area contributed by atoms with Crippen molar-refractivity contribution in [3.8, 4) is 0 Å². The Morgan fingerprint density at radius 1 is 0.707 bits per heavy atom. The molecule has 4 aromatic heterocycles. The molecule has 3 aliphatic heterocycles. The number of fused-ring (bicyclic) bond motifs is 1. The van der Waals surface area contributed by atoms with Crippen LogP contribution in [0.1, 0.15) is 73.8 Å². The maximum absolute atomic E-state index is 13.8. The second-order valence-electron chi connectivity index (χ2n) is 19.7. The Balaban J connectivity index is 0.576. The lowest BCUT2D eigenvalue weighted by Gasteiger charge is -2.36. The van der Waals surface area contributed by atoms with Gasteiger partial charge in [-0.1, -0.05) is 18.9 Å². The number of piperidine rings is 1. The van der Waals surface area contributed by atoms with E-state index in [9.17, 15) is 18.8 Å². The predicted molar refractivity (Wildman–Crippen MR) is 286 cm³/mol. The molecule has 5 aromatic rings. The molecular formula is C54H72FN13O7. The summed E-state index contributed by atoms with van der Waals surface area (Å²) in [5.74, 6) is 2.23. The van der Waals surface area contributed by atoms with E-state index in [0.29, 0.717) is 114 Å². The molecule has 9 rings (SSSR count). The number of hydrogen-bond donors (Lipinski definition) is 2. The van der Waals surface area contributed by atoms with Crippen LogP contribution in [0, 0.1) is 12.7 Å². The molecule has 1 aromatic carbocycles. The van der Waals surface area contributed by atoms with Gasteiger partial charge in [0.1, 0.15) is 35.2 Å². The number of ether oxygens (including phenoxy) is 4. The molecule has 1 saturated carbocycles. The minimum Gasteiger partial charge on any atom is -0.379 e. The highest BCUT2D eigenvalue weighted by Crippen LogP contribution is 2.32. The van der Waals surface area contributed by atoms with Crippen molar-refractivity contribution in [2.45, 2.75) is 70.9 Å². The van der Waals surface area contributed by atoms with Gasteiger partial charge >= 0.3 is 0 Å². The van der Waals surface area contributed by atoms with Crippen molar-refractivity contribution in [3.05, 3.63) is 88.5 Å². The Hall–Kier alpha value is -6.39. The van der Waals surface area contributed by atoms with Gasteiger partial charge in [0.15, 0.2) is 5.78 Å². The van der Waals surface area contributed by atoms with E-state index in [4.69, 9.17) is 23.9 Å². The van der Waals surface area contributed by atoms with Gasteiger partial charge in [-0.2, -0.15) is 4.98 Å². The molecule has 0 bridgehead atoms. The number of carbonyl (C=O) groups excluding carboxylic acids is 2. The average Bonchev–Trinajstić information content (AvgIpc) is 3.96. The Morgan fingerprint density at radius 2 is 1.43 bits per heavy atom. The van der Waals surface area contributed by atoms with Crippen molar-refractivity contribution in [1.82, 2.24) is 39.3 Å². The van der Waals surface area contributed by atoms with Gasteiger partial charge in [0.2, 0.25) is 11.9 Å². The molecule has 1 aliphatic carbocycles. The first kappa shape index (κ1) is 53.4. The molecule has 0 radical (unpaired) electrons. The number of amides is 1. The van der Waals surface area contributed by atoms with Crippen LogP contribution in [0.5, 0.6) is 0 Å². The largest absolute Gasteiger partial charge is 0.379 e. The number of ketones is 1. The van der Waals surface area contributed by atoms with Crippen LogP contribution in [-0.2, 0) is 23.7 Å². The third-order valence-electron chi connectivity index (χ3n) is 14.7. The van der Waals surface area contributed by atoms with Gasteiger partial charge in [-0.25, -0.2) is 24.3 Å². The maximum Gasteiger partial charge on any atom is 0.263 e. The molecule has 1 atom stereocenters. The maximum atomic E-state index is 13.8. The monoisotopic (exact) mass is 1030 g/mol. The number of aryl methyl sites for hydroxylation is 1. The molecular weight excluding hydrogens is 962 g/mol. The number of anilines is 6. The predicted octanol–water partition coefficient (Wildman–Crippen LogP) is 5.49. The minimum absolute atomic E-state index is 0.00267. The number of halogens is 1. The van der Waals surface area contributed by atoms with Crippen LogP contribution in [0.15, 0.2) is 66.0 Å². The zero-order valence-electron chi connectivity index (χ0n) is 43.5. The van der Waals surface area contributed by atoms with Gasteiger partial charge < -0.3 is 49.2 Å². The number of aromatic nitrogens is 6. The van der Waals surface area contributed by atoms with E-state index in [2.05, 4.69) is 50.2 Å². The summed E-state index contributed by atoms with van der Waals surface area (Å²) in [5.41, 5.74) is 2.92. The Bertz CT molecular complexity index is 2730. The highest BCUT2D eigenvalue weighted by atomic mass is 19.1. The van der Waals surface area contributed by atoms with Gasteiger partial charge in [-0.3, -0.25) is 23.9 Å². The smallest absolute Gasteiger partial charge is 0.263 e. The SMILES string of the molecule is CC(=O)c1c(C)c2cnc(Nc3ccc(N4CCN(C(=O)CCOCCOCCOCCOCCN5CCN(c6cc(N[C@@H]7CCCN(c8cccc(F)c8)C7)ncn6)CC5)CC4)cn3)nc2n(C2CCCC2)c1=O. The molecule has 4 aliphatic rings. The normalized spacial score (nSPS) is 17.8. The highest BCUT2D eigenvalue weighted by molar-refractivity contribution is 5.99. The molecule has 402 valence electrons. The molecule has 1 amide bonds. The fourth-order valence-electron chi connectivity index (χ4n) is 10.6. The fourth-order valence-corrected chi connectivity index (χ4v) is 10.6. The number of rotatable bonds is 24. The molecule has 7 heterocycles. The number of pyridine rings is 2. The first-order chi connectivity index (χ1) is 36.7. The number of hydrogen-bond acceptors (Lipinski definition) is 18. The van der Waals surface area contributed by atoms with Crippen LogP contribution in [0.4, 0.5) is 39.2 Å². The zero-order chi connectivity index (χ0) is 51.9. The summed E-state index contributed by atoms with van der Waals surface area (Å²) >= 11 is 0. The van der Waals surface area contributed by atoms with Gasteiger partial charge in [0.05, 0.1) is 76.7 Å². The quantitative estimate of drug-likeness (QED) is 0.0581. The molecule has 3 saturated heterocycles. The van der Waals surface area contributed by atoms with Crippen LogP contribution >= 0.6 is 0 Å². The van der Waals surface area contributed by atoms with E-state index >= 15 is 0 Å². The zero-order valence-corrected chi connectivity index (χ0v) is 43.5. The lowest BCUT2D eigenvalue weighted by molar-refractivity contribution is -0.132. The highest BCUT2D eigenvalue weighted by Gasteiger charge is 2.27. The molecule has 75 heavy (non-hydrogen) atoms. The topological polar surface area (TPSA) is 198 Å². The van der Waals surface area contributed by atoms with E-state index in [0.717, 1.165) is 107 Å². The lowest BCUT2D eigenvalue weighted by atomic mass is 10.0. The van der Waals surface area contributed by atoms with E-state index in [-0.39, 0.29) is 40.7 Å². The number of carbonyl (C=O) groups is 2. The molecule has 2 N–H and O–H groups in total. The van der Waals surface area contributed by atoms with Crippen LogP contribution in [0.2, 0.25) is 0 Å². The van der Waals surface area contributed by atoms with E-state index in [1.807, 2.05) is 29.2 Å². The third kappa shape index (κ3) is 14.3. The molecule has 0 unspecified atom stereocenters. The summed E-state index contributed by atoms with van der Waals surface area (Å²) in [7, 11) is 0. The summed E-state index contributed by atoms with van der Waals surface area (Å²) in [5, 5.41) is 7.48. The van der Waals surface area contributed by atoms with Crippen molar-refractivity contribution in [3.63, 3.8) is 0 Å². The van der Waals surface area contributed by atoms with Gasteiger partial charge in [0, 0.05) is 107 Å². The average molecular weight is 1030 g/mol. The van der Waals surface area contributed by atoms with Gasteiger partial charge in [-0.15, -0.1) is 0 Å². The molecule has 4 fully saturated rings. The second kappa shape index (κ2) is 26.4.